The van der Waals surface area contributed by atoms with Crippen LogP contribution in [0.2, 0.25) is 0 Å². The van der Waals surface area contributed by atoms with Gasteiger partial charge in [0.2, 0.25) is 5.79 Å². The number of aromatic nitrogens is 2. The van der Waals surface area contributed by atoms with Gasteiger partial charge in [-0.3, -0.25) is 4.79 Å². The van der Waals surface area contributed by atoms with Gasteiger partial charge in [0.25, 0.3) is 0 Å². The van der Waals surface area contributed by atoms with Crippen LogP contribution in [0.25, 0.3) is 11.0 Å². The van der Waals surface area contributed by atoms with Gasteiger partial charge < -0.3 is 24.3 Å². The molecule has 7 heteroatoms. The van der Waals surface area contributed by atoms with Gasteiger partial charge in [0, 0.05) is 11.5 Å². The minimum atomic E-state index is -1.63. The van der Waals surface area contributed by atoms with E-state index in [0.29, 0.717) is 29.8 Å². The zero-order valence-corrected chi connectivity index (χ0v) is 13.4. The second-order valence-electron chi connectivity index (χ2n) is 6.40. The number of carbonyl (C=O) groups is 1. The molecular formula is C16H20N2O5. The molecule has 1 unspecified atom stereocenters. The SMILES string of the molecule is COc1ccc2c(c1)nc(C1(O)OCCC1(C)C)n2CC(=O)O. The van der Waals surface area contributed by atoms with Crippen LogP contribution in [0.5, 0.6) is 5.75 Å². The molecule has 2 heterocycles. The molecular weight excluding hydrogens is 300 g/mol. The number of hydrogen-bond acceptors (Lipinski definition) is 5. The van der Waals surface area contributed by atoms with Crippen LogP contribution >= 0.6 is 0 Å². The Morgan fingerprint density at radius 3 is 2.78 bits per heavy atom. The highest BCUT2D eigenvalue weighted by molar-refractivity contribution is 5.80. The molecule has 2 aromatic rings. The van der Waals surface area contributed by atoms with Gasteiger partial charge in [-0.05, 0) is 18.6 Å². The van der Waals surface area contributed by atoms with Gasteiger partial charge >= 0.3 is 5.97 Å². The minimum Gasteiger partial charge on any atom is -0.497 e. The molecule has 0 bridgehead atoms. The van der Waals surface area contributed by atoms with E-state index in [2.05, 4.69) is 4.98 Å². The Kier molecular flexibility index (Phi) is 3.57. The standard InChI is InChI=1S/C16H20N2O5/c1-15(2)6-7-23-16(15,21)14-17-11-8-10(22-3)4-5-12(11)18(14)9-13(19)20/h4-5,8,21H,6-7,9H2,1-3H3,(H,19,20). The zero-order valence-electron chi connectivity index (χ0n) is 13.4. The van der Waals surface area contributed by atoms with Crippen LogP contribution in [0.3, 0.4) is 0 Å². The summed E-state index contributed by atoms with van der Waals surface area (Å²) in [4.78, 5) is 15.7. The molecule has 1 aromatic carbocycles. The molecule has 0 saturated carbocycles. The van der Waals surface area contributed by atoms with E-state index >= 15 is 0 Å². The maximum Gasteiger partial charge on any atom is 0.323 e. The lowest BCUT2D eigenvalue weighted by molar-refractivity contribution is -0.235. The van der Waals surface area contributed by atoms with E-state index in [-0.39, 0.29) is 12.4 Å². The number of hydrogen-bond donors (Lipinski definition) is 2. The molecule has 1 aromatic heterocycles. The van der Waals surface area contributed by atoms with Crippen molar-refractivity contribution in [2.45, 2.75) is 32.6 Å². The van der Waals surface area contributed by atoms with Gasteiger partial charge in [0.1, 0.15) is 12.3 Å². The first-order valence-electron chi connectivity index (χ1n) is 7.41. The maximum atomic E-state index is 11.3. The third-order valence-electron chi connectivity index (χ3n) is 4.51. The lowest BCUT2D eigenvalue weighted by Crippen LogP contribution is -2.41. The second kappa shape index (κ2) is 5.21. The molecule has 0 amide bonds. The Morgan fingerprint density at radius 1 is 1.48 bits per heavy atom. The normalized spacial score (nSPS) is 23.3. The molecule has 2 N–H and O–H groups in total. The molecule has 1 aliphatic heterocycles. The van der Waals surface area contributed by atoms with Gasteiger partial charge in [-0.1, -0.05) is 13.8 Å². The molecule has 0 spiro atoms. The first kappa shape index (κ1) is 15.8. The van der Waals surface area contributed by atoms with Crippen molar-refractivity contribution < 1.29 is 24.5 Å². The maximum absolute atomic E-state index is 11.3. The average Bonchev–Trinajstić information content (AvgIpc) is 2.97. The van der Waals surface area contributed by atoms with Crippen molar-refractivity contribution in [3.05, 3.63) is 24.0 Å². The highest BCUT2D eigenvalue weighted by Crippen LogP contribution is 2.48. The number of ether oxygens (including phenoxy) is 2. The number of carboxylic acid groups (broad SMARTS) is 1. The third-order valence-corrected chi connectivity index (χ3v) is 4.51. The average molecular weight is 320 g/mol. The number of aliphatic hydroxyl groups is 1. The number of nitrogens with zero attached hydrogens (tertiary/aromatic N) is 2. The Morgan fingerprint density at radius 2 is 2.22 bits per heavy atom. The van der Waals surface area contributed by atoms with Crippen molar-refractivity contribution in [1.29, 1.82) is 0 Å². The predicted molar refractivity (Wildman–Crippen MR) is 82.2 cm³/mol. The molecule has 3 rings (SSSR count). The van der Waals surface area contributed by atoms with Crippen LogP contribution in [0.1, 0.15) is 26.1 Å². The summed E-state index contributed by atoms with van der Waals surface area (Å²) in [7, 11) is 1.55. The van der Waals surface area contributed by atoms with Crippen LogP contribution in [0, 0.1) is 5.41 Å². The number of aliphatic carboxylic acids is 1. The van der Waals surface area contributed by atoms with E-state index in [4.69, 9.17) is 9.47 Å². The smallest absolute Gasteiger partial charge is 0.323 e. The van der Waals surface area contributed by atoms with Crippen LogP contribution in [0.15, 0.2) is 18.2 Å². The number of methoxy groups -OCH3 is 1. The van der Waals surface area contributed by atoms with Crippen LogP contribution < -0.4 is 4.74 Å². The van der Waals surface area contributed by atoms with Crippen molar-refractivity contribution in [2.24, 2.45) is 5.41 Å². The lowest BCUT2D eigenvalue weighted by atomic mass is 9.82. The summed E-state index contributed by atoms with van der Waals surface area (Å²) in [6.45, 7) is 3.85. The summed E-state index contributed by atoms with van der Waals surface area (Å²) >= 11 is 0. The van der Waals surface area contributed by atoms with E-state index in [1.54, 1.807) is 25.3 Å². The number of imidazole rings is 1. The summed E-state index contributed by atoms with van der Waals surface area (Å²) in [6.07, 6.45) is 0.656. The summed E-state index contributed by atoms with van der Waals surface area (Å²) in [5.41, 5.74) is 0.595. The van der Waals surface area contributed by atoms with Crippen LogP contribution in [0.4, 0.5) is 0 Å². The van der Waals surface area contributed by atoms with Gasteiger partial charge in [0.05, 0.1) is 24.8 Å². The molecule has 7 nitrogen and oxygen atoms in total. The first-order chi connectivity index (χ1) is 10.8. The molecule has 23 heavy (non-hydrogen) atoms. The fourth-order valence-electron chi connectivity index (χ4n) is 2.98. The van der Waals surface area contributed by atoms with Crippen molar-refractivity contribution in [3.8, 4) is 5.75 Å². The highest BCUT2D eigenvalue weighted by Gasteiger charge is 2.53. The molecule has 0 aliphatic carbocycles. The predicted octanol–water partition coefficient (Wildman–Crippen LogP) is 1.72. The number of rotatable bonds is 4. The van der Waals surface area contributed by atoms with Gasteiger partial charge in [-0.2, -0.15) is 0 Å². The summed E-state index contributed by atoms with van der Waals surface area (Å²) in [5, 5.41) is 20.3. The summed E-state index contributed by atoms with van der Waals surface area (Å²) in [6, 6.07) is 5.18. The molecule has 1 aliphatic rings. The van der Waals surface area contributed by atoms with Gasteiger partial charge in [-0.15, -0.1) is 0 Å². The Labute approximate surface area is 133 Å². The van der Waals surface area contributed by atoms with Crippen molar-refractivity contribution >= 4 is 17.0 Å². The fraction of sp³-hybridized carbons (Fsp3) is 0.500. The number of benzene rings is 1. The van der Waals surface area contributed by atoms with E-state index in [0.717, 1.165) is 0 Å². The van der Waals surface area contributed by atoms with Gasteiger partial charge in [-0.25, -0.2) is 4.98 Å². The Bertz CT molecular complexity index is 767. The second-order valence-corrected chi connectivity index (χ2v) is 6.40. The summed E-state index contributed by atoms with van der Waals surface area (Å²) < 4.78 is 12.3. The number of fused-ring (bicyclic) bond motifs is 1. The molecule has 1 atom stereocenters. The Hall–Kier alpha value is -2.12. The third kappa shape index (κ3) is 2.36. The van der Waals surface area contributed by atoms with Gasteiger partial charge in [0.15, 0.2) is 5.82 Å². The van der Waals surface area contributed by atoms with Crippen LogP contribution in [-0.2, 0) is 21.9 Å². The van der Waals surface area contributed by atoms with E-state index in [9.17, 15) is 15.0 Å². The lowest BCUT2D eigenvalue weighted by Gasteiger charge is -2.34. The quantitative estimate of drug-likeness (QED) is 0.891. The fourth-order valence-corrected chi connectivity index (χ4v) is 2.98. The molecule has 0 radical (unpaired) electrons. The molecule has 124 valence electrons. The van der Waals surface area contributed by atoms with Crippen LogP contribution in [-0.4, -0.2) is 39.5 Å². The largest absolute Gasteiger partial charge is 0.497 e. The molecule has 1 saturated heterocycles. The highest BCUT2D eigenvalue weighted by atomic mass is 16.6. The Balaban J connectivity index is 2.24. The topological polar surface area (TPSA) is 93.8 Å². The minimum absolute atomic E-state index is 0.214. The zero-order chi connectivity index (χ0) is 16.8. The monoisotopic (exact) mass is 320 g/mol. The van der Waals surface area contributed by atoms with E-state index in [1.165, 1.54) is 4.57 Å². The first-order valence-corrected chi connectivity index (χ1v) is 7.41. The van der Waals surface area contributed by atoms with Crippen molar-refractivity contribution in [1.82, 2.24) is 9.55 Å². The van der Waals surface area contributed by atoms with Crippen molar-refractivity contribution in [2.75, 3.05) is 13.7 Å². The van der Waals surface area contributed by atoms with Crippen molar-refractivity contribution in [3.63, 3.8) is 0 Å². The van der Waals surface area contributed by atoms with E-state index in [1.807, 2.05) is 13.8 Å². The molecule has 1 fully saturated rings. The van der Waals surface area contributed by atoms with E-state index < -0.39 is 17.2 Å². The summed E-state index contributed by atoms with van der Waals surface area (Å²) in [5.74, 6) is -1.82. The number of carboxylic acids is 1.